The Balaban J connectivity index is 1.81. The van der Waals surface area contributed by atoms with E-state index in [0.717, 1.165) is 26.1 Å². The molecule has 0 radical (unpaired) electrons. The summed E-state index contributed by atoms with van der Waals surface area (Å²) in [6.45, 7) is 7.27. The lowest BCUT2D eigenvalue weighted by Crippen LogP contribution is -2.37. The molecular weight excluding hydrogens is 599 g/mol. The number of nitrogens with zero attached hydrogens (tertiary/aromatic N) is 1. The van der Waals surface area contributed by atoms with E-state index < -0.39 is 0 Å². The highest BCUT2D eigenvalue weighted by molar-refractivity contribution is 5.75. The van der Waals surface area contributed by atoms with Crippen LogP contribution in [-0.4, -0.2) is 42.5 Å². The summed E-state index contributed by atoms with van der Waals surface area (Å²) in [6, 6.07) is 0. The minimum absolute atomic E-state index is 0.244. The monoisotopic (exact) mass is 689 g/mol. The summed E-state index contributed by atoms with van der Waals surface area (Å²) < 4.78 is 2.43. The van der Waals surface area contributed by atoms with Gasteiger partial charge in [0.15, 0.2) is 12.8 Å². The number of amides is 1. The maximum Gasteiger partial charge on any atom is 0.220 e. The van der Waals surface area contributed by atoms with Gasteiger partial charge in [0.05, 0.1) is 13.1 Å². The van der Waals surface area contributed by atoms with E-state index in [1.807, 2.05) is 0 Å². The first-order valence-electron chi connectivity index (χ1n) is 22.9. The Morgan fingerprint density at radius 2 is 0.837 bits per heavy atom. The Kier molecular flexibility index (Phi) is 36.1. The molecule has 0 aromatic carbocycles. The van der Waals surface area contributed by atoms with Crippen LogP contribution in [0.5, 0.6) is 0 Å². The van der Waals surface area contributed by atoms with Crippen molar-refractivity contribution in [1.29, 1.82) is 0 Å². The third-order valence-electron chi connectivity index (χ3n) is 11.1. The molecule has 4 heteroatoms. The second-order valence-corrected chi connectivity index (χ2v) is 15.9. The zero-order valence-electron chi connectivity index (χ0n) is 33.8. The summed E-state index contributed by atoms with van der Waals surface area (Å²) in [5.74, 6) is 0.244. The molecule has 0 aliphatic carbocycles. The fourth-order valence-corrected chi connectivity index (χ4v) is 7.73. The van der Waals surface area contributed by atoms with Crippen LogP contribution in [0.3, 0.4) is 0 Å². The topological polar surface area (TPSA) is 44.1 Å². The molecule has 1 heterocycles. The third kappa shape index (κ3) is 32.7. The van der Waals surface area contributed by atoms with Gasteiger partial charge in [-0.15, -0.1) is 0 Å². The van der Waals surface area contributed by atoms with Crippen LogP contribution in [-0.2, 0) is 4.79 Å². The minimum Gasteiger partial charge on any atom is -0.350 e. The molecule has 2 N–H and O–H groups in total. The third-order valence-corrected chi connectivity index (χ3v) is 11.1. The lowest BCUT2D eigenvalue weighted by atomic mass is 10.0. The minimum atomic E-state index is 0.244. The smallest absolute Gasteiger partial charge is 0.220 e. The molecule has 1 atom stereocenters. The maximum atomic E-state index is 12.4. The van der Waals surface area contributed by atoms with Crippen LogP contribution in [0, 0.1) is 0 Å². The van der Waals surface area contributed by atoms with E-state index in [0.29, 0.717) is 12.6 Å². The highest BCUT2D eigenvalue weighted by Crippen LogP contribution is 2.16. The van der Waals surface area contributed by atoms with E-state index >= 15 is 0 Å². The fraction of sp³-hybridized carbons (Fsp3) is 0.956. The standard InChI is InChI=1S/C45H89N3O/c1-3-5-7-9-11-13-15-17-19-21-23-25-27-29-31-33-35-37-39-45(49)47-41-43-48-42-40-46-44(48)38-36-34-32-30-28-26-24-22-20-18-16-14-12-10-8-6-4-2/h42,44,46H,3-41,43H2,1-2H3/p+1. The first-order valence-corrected chi connectivity index (χ1v) is 22.9. The van der Waals surface area contributed by atoms with Gasteiger partial charge in [-0.3, -0.25) is 4.79 Å². The van der Waals surface area contributed by atoms with Gasteiger partial charge < -0.3 is 5.32 Å². The summed E-state index contributed by atoms with van der Waals surface area (Å²) >= 11 is 0. The van der Waals surface area contributed by atoms with Gasteiger partial charge in [0.25, 0.3) is 0 Å². The molecule has 0 bridgehead atoms. The zero-order chi connectivity index (χ0) is 35.1. The van der Waals surface area contributed by atoms with Gasteiger partial charge in [-0.25, -0.2) is 9.89 Å². The molecule has 0 saturated carbocycles. The average molecular weight is 689 g/mol. The van der Waals surface area contributed by atoms with Crippen molar-refractivity contribution in [3.05, 3.63) is 0 Å². The molecular formula is C45H90N3O+. The molecule has 1 aliphatic heterocycles. The van der Waals surface area contributed by atoms with Crippen molar-refractivity contribution in [3.8, 4) is 0 Å². The second kappa shape index (κ2) is 38.3. The Morgan fingerprint density at radius 3 is 1.20 bits per heavy atom. The van der Waals surface area contributed by atoms with Crippen molar-refractivity contribution in [1.82, 2.24) is 10.6 Å². The van der Waals surface area contributed by atoms with E-state index in [9.17, 15) is 4.79 Å². The molecule has 290 valence electrons. The van der Waals surface area contributed by atoms with Crippen molar-refractivity contribution < 1.29 is 9.37 Å². The molecule has 1 rings (SSSR count). The number of nitrogens with one attached hydrogen (secondary N) is 2. The second-order valence-electron chi connectivity index (χ2n) is 15.9. The van der Waals surface area contributed by atoms with Gasteiger partial charge in [0, 0.05) is 12.8 Å². The van der Waals surface area contributed by atoms with Crippen molar-refractivity contribution >= 4 is 12.1 Å². The van der Waals surface area contributed by atoms with E-state index in [1.165, 1.54) is 225 Å². The average Bonchev–Trinajstić information content (AvgIpc) is 3.56. The van der Waals surface area contributed by atoms with Crippen LogP contribution in [0.25, 0.3) is 0 Å². The Bertz CT molecular complexity index is 707. The zero-order valence-corrected chi connectivity index (χ0v) is 33.8. The van der Waals surface area contributed by atoms with Crippen molar-refractivity contribution in [2.45, 2.75) is 258 Å². The highest BCUT2D eigenvalue weighted by atomic mass is 16.1. The number of carbonyl (C=O) groups is 1. The quantitative estimate of drug-likeness (QED) is 0.0497. The lowest BCUT2D eigenvalue weighted by Gasteiger charge is -2.12. The van der Waals surface area contributed by atoms with Gasteiger partial charge in [0.2, 0.25) is 12.1 Å². The first kappa shape index (κ1) is 46.1. The maximum absolute atomic E-state index is 12.4. The molecule has 49 heavy (non-hydrogen) atoms. The molecule has 1 unspecified atom stereocenters. The number of carbonyl (C=O) groups excluding carboxylic acids is 1. The van der Waals surface area contributed by atoms with E-state index in [-0.39, 0.29) is 5.91 Å². The normalized spacial score (nSPS) is 14.5. The first-order chi connectivity index (χ1) is 24.3. The number of hydrogen-bond acceptors (Lipinski definition) is 2. The summed E-state index contributed by atoms with van der Waals surface area (Å²) in [6.07, 6.45) is 53.9. The predicted molar refractivity (Wildman–Crippen MR) is 218 cm³/mol. The molecule has 1 aliphatic rings. The van der Waals surface area contributed by atoms with Crippen LogP contribution < -0.4 is 10.6 Å². The van der Waals surface area contributed by atoms with E-state index in [1.54, 1.807) is 0 Å². The summed E-state index contributed by atoms with van der Waals surface area (Å²) in [5, 5.41) is 6.83. The molecule has 0 spiro atoms. The summed E-state index contributed by atoms with van der Waals surface area (Å²) in [7, 11) is 0. The molecule has 4 nitrogen and oxygen atoms in total. The molecule has 0 aromatic heterocycles. The Labute approximate surface area is 308 Å². The number of rotatable bonds is 40. The van der Waals surface area contributed by atoms with Crippen LogP contribution in [0.4, 0.5) is 0 Å². The lowest BCUT2D eigenvalue weighted by molar-refractivity contribution is -0.558. The van der Waals surface area contributed by atoms with Gasteiger partial charge >= 0.3 is 0 Å². The van der Waals surface area contributed by atoms with Crippen molar-refractivity contribution in [2.75, 3.05) is 19.6 Å². The Hall–Kier alpha value is -0.900. The van der Waals surface area contributed by atoms with Crippen LogP contribution in [0.2, 0.25) is 0 Å². The Morgan fingerprint density at radius 1 is 0.510 bits per heavy atom. The van der Waals surface area contributed by atoms with Gasteiger partial charge in [-0.05, 0) is 12.8 Å². The fourth-order valence-electron chi connectivity index (χ4n) is 7.73. The van der Waals surface area contributed by atoms with Gasteiger partial charge in [-0.1, -0.05) is 226 Å². The van der Waals surface area contributed by atoms with Gasteiger partial charge in [-0.2, -0.15) is 0 Å². The van der Waals surface area contributed by atoms with Crippen molar-refractivity contribution in [3.63, 3.8) is 0 Å². The predicted octanol–water partition coefficient (Wildman–Crippen LogP) is 13.6. The van der Waals surface area contributed by atoms with Crippen molar-refractivity contribution in [2.24, 2.45) is 0 Å². The summed E-state index contributed by atoms with van der Waals surface area (Å²) in [4.78, 5) is 12.4. The summed E-state index contributed by atoms with van der Waals surface area (Å²) in [5.41, 5.74) is 0. The number of hydrogen-bond donors (Lipinski definition) is 2. The van der Waals surface area contributed by atoms with E-state index in [2.05, 4.69) is 35.3 Å². The molecule has 1 amide bonds. The highest BCUT2D eigenvalue weighted by Gasteiger charge is 2.24. The number of unbranched alkanes of at least 4 members (excludes halogenated alkanes) is 33. The largest absolute Gasteiger partial charge is 0.350 e. The molecule has 0 fully saturated rings. The molecule has 0 saturated heterocycles. The van der Waals surface area contributed by atoms with Gasteiger partial charge in [0.1, 0.15) is 0 Å². The van der Waals surface area contributed by atoms with Crippen LogP contribution in [0.1, 0.15) is 251 Å². The molecule has 0 aromatic rings. The van der Waals surface area contributed by atoms with Crippen LogP contribution in [0.15, 0.2) is 0 Å². The SMILES string of the molecule is CCCCCCCCCCCCCCCCCCCCC(=O)NCC[N+]1=CCNC1CCCCCCCCCCCCCCCCCCC. The van der Waals surface area contributed by atoms with Crippen LogP contribution >= 0.6 is 0 Å². The van der Waals surface area contributed by atoms with E-state index in [4.69, 9.17) is 0 Å².